The topological polar surface area (TPSA) is 46.3 Å². The van der Waals surface area contributed by atoms with Gasteiger partial charge in [0.2, 0.25) is 0 Å². The lowest BCUT2D eigenvalue weighted by Crippen LogP contribution is -2.48. The zero-order chi connectivity index (χ0) is 14.0. The van der Waals surface area contributed by atoms with Gasteiger partial charge in [-0.1, -0.05) is 26.0 Å². The van der Waals surface area contributed by atoms with Gasteiger partial charge >= 0.3 is 0 Å². The van der Waals surface area contributed by atoms with Crippen LogP contribution in [-0.2, 0) is 0 Å². The molecule has 0 saturated carbocycles. The number of likely N-dealkylation sites (tertiary alicyclic amines) is 1. The largest absolute Gasteiger partial charge is 0.336 e. The van der Waals surface area contributed by atoms with E-state index < -0.39 is 0 Å². The van der Waals surface area contributed by atoms with Crippen molar-refractivity contribution in [3.05, 3.63) is 35.4 Å². The molecule has 2 atom stereocenters. The third-order valence-electron chi connectivity index (χ3n) is 4.00. The highest BCUT2D eigenvalue weighted by molar-refractivity contribution is 5.94. The van der Waals surface area contributed by atoms with E-state index in [1.54, 1.807) is 0 Å². The van der Waals surface area contributed by atoms with Crippen LogP contribution >= 0.6 is 0 Å². The van der Waals surface area contributed by atoms with Gasteiger partial charge in [-0.2, -0.15) is 0 Å². The van der Waals surface area contributed by atoms with Gasteiger partial charge in [0.25, 0.3) is 5.91 Å². The number of carbonyl (C=O) groups excluding carboxylic acids is 1. The molecule has 1 aliphatic heterocycles. The number of hydrogen-bond acceptors (Lipinski definition) is 2. The third-order valence-corrected chi connectivity index (χ3v) is 4.00. The maximum Gasteiger partial charge on any atom is 0.254 e. The van der Waals surface area contributed by atoms with E-state index in [1.807, 2.05) is 17.0 Å². The van der Waals surface area contributed by atoms with Crippen molar-refractivity contribution in [2.45, 2.75) is 51.6 Å². The van der Waals surface area contributed by atoms with Gasteiger partial charge in [0, 0.05) is 24.2 Å². The van der Waals surface area contributed by atoms with E-state index in [0.29, 0.717) is 5.92 Å². The monoisotopic (exact) mass is 260 g/mol. The molecule has 3 nitrogen and oxygen atoms in total. The highest BCUT2D eigenvalue weighted by Crippen LogP contribution is 2.20. The average Bonchev–Trinajstić information content (AvgIpc) is 2.38. The molecule has 1 heterocycles. The molecule has 1 aromatic carbocycles. The second-order valence-electron chi connectivity index (χ2n) is 5.91. The zero-order valence-corrected chi connectivity index (χ0v) is 12.1. The summed E-state index contributed by atoms with van der Waals surface area (Å²) < 4.78 is 0. The minimum atomic E-state index is 0.134. The van der Waals surface area contributed by atoms with Crippen molar-refractivity contribution in [1.29, 1.82) is 0 Å². The van der Waals surface area contributed by atoms with Crippen molar-refractivity contribution in [2.24, 2.45) is 5.73 Å². The van der Waals surface area contributed by atoms with E-state index >= 15 is 0 Å². The molecule has 0 radical (unpaired) electrons. The third kappa shape index (κ3) is 3.16. The van der Waals surface area contributed by atoms with E-state index in [0.717, 1.165) is 24.9 Å². The summed E-state index contributed by atoms with van der Waals surface area (Å²) in [7, 11) is 0. The second-order valence-corrected chi connectivity index (χ2v) is 5.91. The van der Waals surface area contributed by atoms with Gasteiger partial charge in [-0.3, -0.25) is 4.79 Å². The first-order valence-electron chi connectivity index (χ1n) is 7.15. The summed E-state index contributed by atoms with van der Waals surface area (Å²) in [6.07, 6.45) is 1.80. The fraction of sp³-hybridized carbons (Fsp3) is 0.562. The van der Waals surface area contributed by atoms with Crippen molar-refractivity contribution in [3.8, 4) is 0 Å². The number of hydrogen-bond donors (Lipinski definition) is 1. The lowest BCUT2D eigenvalue weighted by Gasteiger charge is -2.36. The van der Waals surface area contributed by atoms with E-state index in [1.165, 1.54) is 5.56 Å². The summed E-state index contributed by atoms with van der Waals surface area (Å²) in [5.74, 6) is 0.630. The summed E-state index contributed by atoms with van der Waals surface area (Å²) in [6.45, 7) is 7.17. The molecule has 19 heavy (non-hydrogen) atoms. The normalized spacial score (nSPS) is 23.7. The minimum Gasteiger partial charge on any atom is -0.336 e. The molecule has 0 spiro atoms. The molecule has 1 amide bonds. The zero-order valence-electron chi connectivity index (χ0n) is 12.1. The first kappa shape index (κ1) is 14.1. The van der Waals surface area contributed by atoms with Gasteiger partial charge in [0.05, 0.1) is 0 Å². The van der Waals surface area contributed by atoms with Gasteiger partial charge < -0.3 is 10.6 Å². The molecule has 1 saturated heterocycles. The van der Waals surface area contributed by atoms with Crippen LogP contribution in [0.25, 0.3) is 0 Å². The smallest absolute Gasteiger partial charge is 0.254 e. The van der Waals surface area contributed by atoms with Crippen LogP contribution in [0.15, 0.2) is 24.3 Å². The van der Waals surface area contributed by atoms with E-state index in [4.69, 9.17) is 5.73 Å². The van der Waals surface area contributed by atoms with E-state index in [9.17, 15) is 4.79 Å². The van der Waals surface area contributed by atoms with Gasteiger partial charge in [0.15, 0.2) is 0 Å². The summed E-state index contributed by atoms with van der Waals surface area (Å²) >= 11 is 0. The molecular formula is C16H24N2O. The number of benzene rings is 1. The number of piperidine rings is 1. The average molecular weight is 260 g/mol. The molecule has 3 heteroatoms. The number of amides is 1. The van der Waals surface area contributed by atoms with Crippen LogP contribution in [-0.4, -0.2) is 29.4 Å². The Kier molecular flexibility index (Phi) is 4.25. The molecule has 0 aliphatic carbocycles. The maximum atomic E-state index is 12.5. The Hall–Kier alpha value is -1.35. The van der Waals surface area contributed by atoms with Crippen LogP contribution in [0.3, 0.4) is 0 Å². The predicted molar refractivity (Wildman–Crippen MR) is 78.2 cm³/mol. The molecule has 2 unspecified atom stereocenters. The molecule has 0 bridgehead atoms. The van der Waals surface area contributed by atoms with Crippen molar-refractivity contribution in [3.63, 3.8) is 0 Å². The van der Waals surface area contributed by atoms with Crippen LogP contribution in [0.4, 0.5) is 0 Å². The molecular weight excluding hydrogens is 236 g/mol. The van der Waals surface area contributed by atoms with Crippen molar-refractivity contribution >= 4 is 5.91 Å². The Morgan fingerprint density at radius 2 is 1.95 bits per heavy atom. The molecule has 2 N–H and O–H groups in total. The fourth-order valence-electron chi connectivity index (χ4n) is 2.69. The van der Waals surface area contributed by atoms with Crippen LogP contribution in [0.5, 0.6) is 0 Å². The summed E-state index contributed by atoms with van der Waals surface area (Å²) in [5, 5.41) is 0. The Balaban J connectivity index is 2.11. The summed E-state index contributed by atoms with van der Waals surface area (Å²) in [5.41, 5.74) is 7.99. The van der Waals surface area contributed by atoms with Gasteiger partial charge in [-0.25, -0.2) is 0 Å². The van der Waals surface area contributed by atoms with Crippen LogP contribution in [0, 0.1) is 0 Å². The SMILES string of the molecule is CC(C)c1ccc(C(=O)N2CCC(N)CC2C)cc1. The molecule has 2 rings (SSSR count). The highest BCUT2D eigenvalue weighted by Gasteiger charge is 2.27. The number of nitrogens with two attached hydrogens (primary N) is 1. The predicted octanol–water partition coefficient (Wildman–Crippen LogP) is 2.76. The Morgan fingerprint density at radius 3 is 2.47 bits per heavy atom. The van der Waals surface area contributed by atoms with Crippen LogP contribution < -0.4 is 5.73 Å². The number of carbonyl (C=O) groups is 1. The lowest BCUT2D eigenvalue weighted by atomic mass is 9.97. The molecule has 1 aromatic rings. The quantitative estimate of drug-likeness (QED) is 0.888. The second kappa shape index (κ2) is 5.74. The Labute approximate surface area is 115 Å². The highest BCUT2D eigenvalue weighted by atomic mass is 16.2. The molecule has 1 aliphatic rings. The molecule has 0 aromatic heterocycles. The number of rotatable bonds is 2. The van der Waals surface area contributed by atoms with Gasteiger partial charge in [0.1, 0.15) is 0 Å². The van der Waals surface area contributed by atoms with Crippen LogP contribution in [0.1, 0.15) is 55.5 Å². The minimum absolute atomic E-state index is 0.134. The Morgan fingerprint density at radius 1 is 1.32 bits per heavy atom. The van der Waals surface area contributed by atoms with Crippen LogP contribution in [0.2, 0.25) is 0 Å². The van der Waals surface area contributed by atoms with Crippen molar-refractivity contribution in [2.75, 3.05) is 6.54 Å². The first-order chi connectivity index (χ1) is 8.99. The molecule has 1 fully saturated rings. The lowest BCUT2D eigenvalue weighted by molar-refractivity contribution is 0.0619. The van der Waals surface area contributed by atoms with Crippen molar-refractivity contribution < 1.29 is 4.79 Å². The Bertz CT molecular complexity index is 439. The van der Waals surface area contributed by atoms with E-state index in [2.05, 4.69) is 32.9 Å². The molecule has 104 valence electrons. The van der Waals surface area contributed by atoms with E-state index in [-0.39, 0.29) is 18.0 Å². The fourth-order valence-corrected chi connectivity index (χ4v) is 2.69. The number of nitrogens with zero attached hydrogens (tertiary/aromatic N) is 1. The van der Waals surface area contributed by atoms with Gasteiger partial charge in [-0.15, -0.1) is 0 Å². The maximum absolute atomic E-state index is 12.5. The summed E-state index contributed by atoms with van der Waals surface area (Å²) in [4.78, 5) is 14.4. The van der Waals surface area contributed by atoms with Gasteiger partial charge in [-0.05, 0) is 43.4 Å². The standard InChI is InChI=1S/C16H24N2O/c1-11(2)13-4-6-14(7-5-13)16(19)18-9-8-15(17)10-12(18)3/h4-7,11-12,15H,8-10,17H2,1-3H3. The van der Waals surface area contributed by atoms with Crippen molar-refractivity contribution in [1.82, 2.24) is 4.90 Å². The summed E-state index contributed by atoms with van der Waals surface area (Å²) in [6, 6.07) is 8.47. The first-order valence-corrected chi connectivity index (χ1v) is 7.15.